The minimum Gasteiger partial charge on any atom is -0.497 e. The molecule has 0 spiro atoms. The van der Waals surface area contributed by atoms with E-state index >= 15 is 0 Å². The molecule has 0 saturated carbocycles. The highest BCUT2D eigenvalue weighted by atomic mass is 16.6. The summed E-state index contributed by atoms with van der Waals surface area (Å²) < 4.78 is 24.2. The first-order valence-corrected chi connectivity index (χ1v) is 10.9. The van der Waals surface area contributed by atoms with Gasteiger partial charge < -0.3 is 23.5 Å². The van der Waals surface area contributed by atoms with E-state index < -0.39 is 5.97 Å². The Hall–Kier alpha value is -3.74. The highest BCUT2D eigenvalue weighted by Crippen LogP contribution is 2.40. The van der Waals surface area contributed by atoms with Gasteiger partial charge in [0, 0.05) is 34.8 Å². The fourth-order valence-corrected chi connectivity index (χ4v) is 3.91. The molecule has 0 bridgehead atoms. The maximum absolute atomic E-state index is 13.0. The third kappa shape index (κ3) is 4.31. The van der Waals surface area contributed by atoms with E-state index in [1.165, 1.54) is 0 Å². The van der Waals surface area contributed by atoms with Crippen LogP contribution in [-0.2, 0) is 16.1 Å². The van der Waals surface area contributed by atoms with Crippen LogP contribution in [0.25, 0.3) is 17.0 Å². The lowest BCUT2D eigenvalue weighted by Gasteiger charge is -2.12. The molecule has 0 unspecified atom stereocenters. The zero-order valence-electron chi connectivity index (χ0n) is 19.4. The van der Waals surface area contributed by atoms with E-state index in [0.29, 0.717) is 22.6 Å². The van der Waals surface area contributed by atoms with Crippen LogP contribution in [0.2, 0.25) is 0 Å². The second kappa shape index (κ2) is 9.02. The van der Waals surface area contributed by atoms with E-state index in [9.17, 15) is 9.59 Å². The molecule has 0 radical (unpaired) electrons. The topological polar surface area (TPSA) is 76.0 Å². The number of carbonyl (C=O) groups is 2. The predicted octanol–water partition coefficient (Wildman–Crippen LogP) is 4.92. The lowest BCUT2D eigenvalue weighted by Crippen LogP contribution is -2.19. The highest BCUT2D eigenvalue weighted by molar-refractivity contribution is 6.15. The number of ether oxygens (including phenoxy) is 4. The second-order valence-electron chi connectivity index (χ2n) is 8.09. The number of hydrogen-bond donors (Lipinski definition) is 0. The zero-order chi connectivity index (χ0) is 23.7. The van der Waals surface area contributed by atoms with Gasteiger partial charge >= 0.3 is 5.97 Å². The molecule has 2 aromatic carbocycles. The van der Waals surface area contributed by atoms with E-state index in [0.717, 1.165) is 28.8 Å². The fraction of sp³-hybridized carbons (Fsp3) is 0.308. The van der Waals surface area contributed by atoms with Crippen LogP contribution in [-0.4, -0.2) is 36.1 Å². The largest absolute Gasteiger partial charge is 0.497 e. The summed E-state index contributed by atoms with van der Waals surface area (Å²) >= 11 is 0. The minimum atomic E-state index is -0.453. The molecule has 172 valence electrons. The van der Waals surface area contributed by atoms with Gasteiger partial charge in [-0.1, -0.05) is 0 Å². The number of nitrogens with zero attached hydrogens (tertiary/aromatic N) is 1. The van der Waals surface area contributed by atoms with Crippen molar-refractivity contribution in [3.8, 4) is 17.2 Å². The van der Waals surface area contributed by atoms with Gasteiger partial charge in [0.15, 0.2) is 12.4 Å². The van der Waals surface area contributed by atoms with Crippen molar-refractivity contribution < 1.29 is 28.5 Å². The number of fused-ring (bicyclic) bond motifs is 2. The van der Waals surface area contributed by atoms with Crippen LogP contribution >= 0.6 is 0 Å². The molecule has 3 aromatic rings. The summed E-state index contributed by atoms with van der Waals surface area (Å²) in [5.41, 5.74) is 3.03. The molecule has 0 atom stereocenters. The number of benzene rings is 2. The number of rotatable bonds is 7. The lowest BCUT2D eigenvalue weighted by atomic mass is 10.1. The molecule has 7 heteroatoms. The maximum atomic E-state index is 13.0. The summed E-state index contributed by atoms with van der Waals surface area (Å²) in [4.78, 5) is 24.9. The van der Waals surface area contributed by atoms with E-state index in [1.54, 1.807) is 46.1 Å². The predicted molar refractivity (Wildman–Crippen MR) is 125 cm³/mol. The molecular weight excluding hydrogens is 422 g/mol. The normalized spacial score (nSPS) is 14.0. The number of carbonyl (C=O) groups excluding carboxylic acids is 2. The van der Waals surface area contributed by atoms with Crippen molar-refractivity contribution in [3.05, 3.63) is 59.0 Å². The first-order valence-electron chi connectivity index (χ1n) is 10.9. The maximum Gasteiger partial charge on any atom is 0.344 e. The minimum absolute atomic E-state index is 0.195. The number of allylic oxidation sites excluding steroid dienone is 1. The van der Waals surface area contributed by atoms with E-state index in [1.807, 2.05) is 24.4 Å². The van der Waals surface area contributed by atoms with Crippen molar-refractivity contribution in [1.29, 1.82) is 0 Å². The Morgan fingerprint density at radius 1 is 1.21 bits per heavy atom. The van der Waals surface area contributed by atoms with Crippen LogP contribution in [0.5, 0.6) is 17.2 Å². The number of hydrogen-bond acceptors (Lipinski definition) is 6. The summed E-state index contributed by atoms with van der Waals surface area (Å²) in [6, 6.07) is 9.21. The summed E-state index contributed by atoms with van der Waals surface area (Å²) in [5, 5.41) is 0.973. The Morgan fingerprint density at radius 2 is 2.00 bits per heavy atom. The van der Waals surface area contributed by atoms with Crippen LogP contribution in [0.3, 0.4) is 0 Å². The van der Waals surface area contributed by atoms with Crippen molar-refractivity contribution >= 4 is 28.7 Å². The molecule has 2 heterocycles. The van der Waals surface area contributed by atoms with Gasteiger partial charge in [0.05, 0.1) is 18.8 Å². The molecular formula is C26H27NO6. The third-order valence-corrected chi connectivity index (χ3v) is 5.50. The second-order valence-corrected chi connectivity index (χ2v) is 8.09. The molecule has 1 aliphatic heterocycles. The average Bonchev–Trinajstić information content (AvgIpc) is 3.30. The van der Waals surface area contributed by atoms with Crippen LogP contribution in [0.4, 0.5) is 0 Å². The molecule has 1 aliphatic rings. The van der Waals surface area contributed by atoms with Crippen molar-refractivity contribution in [3.63, 3.8) is 0 Å². The summed E-state index contributed by atoms with van der Waals surface area (Å²) in [6.45, 7) is 7.99. The monoisotopic (exact) mass is 449 g/mol. The lowest BCUT2D eigenvalue weighted by molar-refractivity contribution is -0.149. The van der Waals surface area contributed by atoms with E-state index in [2.05, 4.69) is 11.5 Å². The van der Waals surface area contributed by atoms with Crippen molar-refractivity contribution in [1.82, 2.24) is 4.57 Å². The molecule has 1 aromatic heterocycles. The van der Waals surface area contributed by atoms with Gasteiger partial charge in [0.1, 0.15) is 17.2 Å². The summed E-state index contributed by atoms with van der Waals surface area (Å²) in [6.07, 6.45) is 3.55. The molecule has 7 nitrogen and oxygen atoms in total. The molecule has 0 N–H and O–H groups in total. The van der Waals surface area contributed by atoms with Gasteiger partial charge in [0.25, 0.3) is 0 Å². The van der Waals surface area contributed by atoms with E-state index in [4.69, 9.17) is 18.9 Å². The molecule has 0 saturated heterocycles. The summed E-state index contributed by atoms with van der Waals surface area (Å²) in [7, 11) is 1.63. The molecule has 0 aliphatic carbocycles. The van der Waals surface area contributed by atoms with Crippen LogP contribution in [0.15, 0.2) is 42.3 Å². The third-order valence-electron chi connectivity index (χ3n) is 5.50. The fourth-order valence-electron chi connectivity index (χ4n) is 3.91. The highest BCUT2D eigenvalue weighted by Gasteiger charge is 2.30. The Kier molecular flexibility index (Phi) is 6.14. The Labute approximate surface area is 192 Å². The van der Waals surface area contributed by atoms with Gasteiger partial charge in [0.2, 0.25) is 5.78 Å². The molecule has 4 rings (SSSR count). The first-order chi connectivity index (χ1) is 15.8. The summed E-state index contributed by atoms with van der Waals surface area (Å²) in [5.74, 6) is 1.24. The Morgan fingerprint density at radius 3 is 2.70 bits per heavy atom. The number of aromatic nitrogens is 1. The number of aryl methyl sites for hydroxylation is 1. The first kappa shape index (κ1) is 22.5. The van der Waals surface area contributed by atoms with Crippen LogP contribution < -0.4 is 14.2 Å². The Bertz CT molecular complexity index is 1270. The zero-order valence-corrected chi connectivity index (χ0v) is 19.4. The van der Waals surface area contributed by atoms with Crippen LogP contribution in [0.1, 0.15) is 42.3 Å². The number of esters is 1. The number of methoxy groups -OCH3 is 1. The average molecular weight is 450 g/mol. The van der Waals surface area contributed by atoms with Gasteiger partial charge in [-0.2, -0.15) is 0 Å². The standard InChI is InChI=1S/C26H27NO6/c1-6-27-13-17(20-12-18(30-5)7-9-21(20)27)11-23-25(29)19-8-10-22(16(4)26(19)33-23)31-14-24(28)32-15(2)3/h7-13,15H,6,14H2,1-5H3/b23-11-. The van der Waals surface area contributed by atoms with Crippen LogP contribution in [0, 0.1) is 6.92 Å². The van der Waals surface area contributed by atoms with Gasteiger partial charge in [-0.15, -0.1) is 0 Å². The van der Waals surface area contributed by atoms with Crippen molar-refractivity contribution in [2.75, 3.05) is 13.7 Å². The molecule has 0 amide bonds. The van der Waals surface area contributed by atoms with Gasteiger partial charge in [-0.3, -0.25) is 4.79 Å². The number of Topliss-reactive ketones (excluding diaryl/α,β-unsaturated/α-hetero) is 1. The van der Waals surface area contributed by atoms with E-state index in [-0.39, 0.29) is 24.3 Å². The smallest absolute Gasteiger partial charge is 0.344 e. The SMILES string of the molecule is CCn1cc(/C=C2\Oc3c(ccc(OCC(=O)OC(C)C)c3C)C2=O)c2cc(OC)ccc21. The molecule has 33 heavy (non-hydrogen) atoms. The quantitative estimate of drug-likeness (QED) is 0.376. The van der Waals surface area contributed by atoms with Gasteiger partial charge in [-0.05, 0) is 64.1 Å². The Balaban J connectivity index is 1.64. The molecule has 0 fully saturated rings. The van der Waals surface area contributed by atoms with Crippen molar-refractivity contribution in [2.45, 2.75) is 40.3 Å². The van der Waals surface area contributed by atoms with Gasteiger partial charge in [-0.25, -0.2) is 4.79 Å². The number of ketones is 1. The van der Waals surface area contributed by atoms with Crippen molar-refractivity contribution in [2.24, 2.45) is 0 Å².